The Morgan fingerprint density at radius 3 is 2.65 bits per heavy atom. The molecule has 1 N–H and O–H groups in total. The van der Waals surface area contributed by atoms with Crippen molar-refractivity contribution in [2.45, 2.75) is 31.6 Å². The maximum Gasteiger partial charge on any atom is 0.303 e. The first-order valence-electron chi connectivity index (χ1n) is 6.96. The molecule has 1 fully saturated rings. The van der Waals surface area contributed by atoms with Crippen molar-refractivity contribution in [3.63, 3.8) is 0 Å². The number of halogens is 1. The van der Waals surface area contributed by atoms with E-state index in [-0.39, 0.29) is 12.3 Å². The van der Waals surface area contributed by atoms with Crippen molar-refractivity contribution in [2.75, 3.05) is 13.2 Å². The summed E-state index contributed by atoms with van der Waals surface area (Å²) in [4.78, 5) is 11.1. The highest BCUT2D eigenvalue weighted by molar-refractivity contribution is 6.32. The molecular weight excluding hydrogens is 280 g/mol. The van der Waals surface area contributed by atoms with Crippen molar-refractivity contribution in [1.82, 2.24) is 0 Å². The third-order valence-electron chi connectivity index (χ3n) is 3.86. The van der Waals surface area contributed by atoms with Crippen molar-refractivity contribution in [1.29, 1.82) is 0 Å². The first kappa shape index (κ1) is 13.6. The van der Waals surface area contributed by atoms with Crippen LogP contribution >= 0.6 is 11.6 Å². The van der Waals surface area contributed by atoms with Crippen LogP contribution in [0.3, 0.4) is 0 Å². The summed E-state index contributed by atoms with van der Waals surface area (Å²) in [6.45, 7) is 1.15. The molecule has 1 aliphatic carbocycles. The van der Waals surface area contributed by atoms with Gasteiger partial charge in [0, 0.05) is 17.9 Å². The number of carbonyl (C=O) groups is 1. The zero-order valence-electron chi connectivity index (χ0n) is 11.1. The fraction of sp³-hybridized carbons (Fsp3) is 0.533. The minimum Gasteiger partial charge on any atom is -0.489 e. The Kier molecular flexibility index (Phi) is 3.74. The van der Waals surface area contributed by atoms with Crippen LogP contribution in [0.1, 0.15) is 37.2 Å². The lowest BCUT2D eigenvalue weighted by atomic mass is 9.90. The first-order valence-corrected chi connectivity index (χ1v) is 7.34. The molecule has 1 atom stereocenters. The second kappa shape index (κ2) is 5.52. The quantitative estimate of drug-likeness (QED) is 0.924. The monoisotopic (exact) mass is 296 g/mol. The first-order chi connectivity index (χ1) is 9.66. The van der Waals surface area contributed by atoms with Crippen molar-refractivity contribution >= 4 is 17.6 Å². The molecule has 2 aliphatic rings. The van der Waals surface area contributed by atoms with Gasteiger partial charge in [-0.25, -0.2) is 0 Å². The van der Waals surface area contributed by atoms with Crippen LogP contribution in [0.5, 0.6) is 11.5 Å². The van der Waals surface area contributed by atoms with E-state index < -0.39 is 5.97 Å². The van der Waals surface area contributed by atoms with Crippen molar-refractivity contribution in [3.05, 3.63) is 22.7 Å². The van der Waals surface area contributed by atoms with Gasteiger partial charge in [0.15, 0.2) is 11.5 Å². The molecule has 3 rings (SSSR count). The van der Waals surface area contributed by atoms with Gasteiger partial charge in [0.05, 0.1) is 24.7 Å². The number of aliphatic carboxylic acids is 1. The third kappa shape index (κ3) is 2.70. The van der Waals surface area contributed by atoms with E-state index in [2.05, 4.69) is 0 Å². The highest BCUT2D eigenvalue weighted by Gasteiger charge is 2.36. The fourth-order valence-corrected chi connectivity index (χ4v) is 2.96. The van der Waals surface area contributed by atoms with Gasteiger partial charge in [-0.05, 0) is 24.8 Å². The Labute approximate surface area is 122 Å². The number of hydrogen-bond acceptors (Lipinski definition) is 3. The molecular formula is C15H17ClO4. The molecule has 0 radical (unpaired) electrons. The fourth-order valence-electron chi connectivity index (χ4n) is 2.75. The largest absolute Gasteiger partial charge is 0.489 e. The molecule has 4 nitrogen and oxygen atoms in total. The molecule has 1 heterocycles. The van der Waals surface area contributed by atoms with Gasteiger partial charge in [0.2, 0.25) is 0 Å². The third-order valence-corrected chi connectivity index (χ3v) is 4.16. The van der Waals surface area contributed by atoms with Crippen LogP contribution in [0.4, 0.5) is 0 Å². The van der Waals surface area contributed by atoms with Crippen LogP contribution in [0.15, 0.2) is 12.1 Å². The molecule has 1 aliphatic heterocycles. The van der Waals surface area contributed by atoms with Gasteiger partial charge in [0.25, 0.3) is 0 Å². The number of fused-ring (bicyclic) bond motifs is 1. The SMILES string of the molecule is O=C(O)CC(c1ccc(Cl)c2c1OCCCO2)C1CC1. The summed E-state index contributed by atoms with van der Waals surface area (Å²) >= 11 is 6.17. The second-order valence-electron chi connectivity index (χ2n) is 5.39. The molecule has 0 aromatic heterocycles. The Morgan fingerprint density at radius 1 is 1.30 bits per heavy atom. The van der Waals surface area contributed by atoms with Crippen molar-refractivity contribution < 1.29 is 19.4 Å². The van der Waals surface area contributed by atoms with E-state index in [0.29, 0.717) is 35.7 Å². The zero-order chi connectivity index (χ0) is 14.1. The Bertz CT molecular complexity index is 525. The zero-order valence-corrected chi connectivity index (χ0v) is 11.9. The maximum atomic E-state index is 11.1. The summed E-state index contributed by atoms with van der Waals surface area (Å²) in [6.07, 6.45) is 3.09. The van der Waals surface area contributed by atoms with Crippen LogP contribution in [-0.4, -0.2) is 24.3 Å². The van der Waals surface area contributed by atoms with Crippen LogP contribution in [0.2, 0.25) is 5.02 Å². The number of carboxylic acid groups (broad SMARTS) is 1. The van der Waals surface area contributed by atoms with E-state index in [0.717, 1.165) is 24.8 Å². The molecule has 20 heavy (non-hydrogen) atoms. The van der Waals surface area contributed by atoms with E-state index in [1.165, 1.54) is 0 Å². The number of carboxylic acids is 1. The van der Waals surface area contributed by atoms with E-state index in [4.69, 9.17) is 26.2 Å². The van der Waals surface area contributed by atoms with Crippen LogP contribution < -0.4 is 9.47 Å². The Hall–Kier alpha value is -1.42. The average molecular weight is 297 g/mol. The topological polar surface area (TPSA) is 55.8 Å². The number of ether oxygens (including phenoxy) is 2. The Morgan fingerprint density at radius 2 is 2.00 bits per heavy atom. The minimum absolute atomic E-state index is 0.0137. The van der Waals surface area contributed by atoms with Gasteiger partial charge < -0.3 is 14.6 Å². The van der Waals surface area contributed by atoms with E-state index >= 15 is 0 Å². The van der Waals surface area contributed by atoms with Crippen molar-refractivity contribution in [2.24, 2.45) is 5.92 Å². The number of benzene rings is 1. The lowest BCUT2D eigenvalue weighted by Crippen LogP contribution is -2.10. The molecule has 0 amide bonds. The molecule has 5 heteroatoms. The molecule has 0 saturated heterocycles. The van der Waals surface area contributed by atoms with Gasteiger partial charge in [-0.1, -0.05) is 17.7 Å². The number of hydrogen-bond donors (Lipinski definition) is 1. The summed E-state index contributed by atoms with van der Waals surface area (Å²) < 4.78 is 11.5. The molecule has 0 bridgehead atoms. The molecule has 1 aromatic rings. The van der Waals surface area contributed by atoms with Crippen LogP contribution in [0, 0.1) is 5.92 Å². The van der Waals surface area contributed by atoms with Gasteiger partial charge in [-0.3, -0.25) is 4.79 Å². The molecule has 0 spiro atoms. The van der Waals surface area contributed by atoms with Gasteiger partial charge in [0.1, 0.15) is 0 Å². The van der Waals surface area contributed by atoms with E-state index in [1.807, 2.05) is 6.07 Å². The summed E-state index contributed by atoms with van der Waals surface area (Å²) in [6, 6.07) is 3.67. The summed E-state index contributed by atoms with van der Waals surface area (Å²) in [5.41, 5.74) is 0.927. The Balaban J connectivity index is 2.01. The van der Waals surface area contributed by atoms with Crippen molar-refractivity contribution in [3.8, 4) is 11.5 Å². The second-order valence-corrected chi connectivity index (χ2v) is 5.79. The highest BCUT2D eigenvalue weighted by atomic mass is 35.5. The van der Waals surface area contributed by atoms with Gasteiger partial charge >= 0.3 is 5.97 Å². The van der Waals surface area contributed by atoms with Crippen LogP contribution in [0.25, 0.3) is 0 Å². The standard InChI is InChI=1S/C15H17ClO4/c16-12-5-4-10(11(8-13(17)18)9-2-3-9)14-15(12)20-7-1-6-19-14/h4-5,9,11H,1-3,6-8H2,(H,17,18). The molecule has 1 unspecified atom stereocenters. The minimum atomic E-state index is -0.778. The highest BCUT2D eigenvalue weighted by Crippen LogP contribution is 2.50. The smallest absolute Gasteiger partial charge is 0.303 e. The summed E-state index contributed by atoms with van der Waals surface area (Å²) in [5, 5.41) is 9.66. The summed E-state index contributed by atoms with van der Waals surface area (Å²) in [7, 11) is 0. The van der Waals surface area contributed by atoms with Gasteiger partial charge in [-0.2, -0.15) is 0 Å². The average Bonchev–Trinajstić information content (AvgIpc) is 3.23. The van der Waals surface area contributed by atoms with E-state index in [9.17, 15) is 4.79 Å². The lowest BCUT2D eigenvalue weighted by Gasteiger charge is -2.20. The normalized spacial score (nSPS) is 19.2. The van der Waals surface area contributed by atoms with Gasteiger partial charge in [-0.15, -0.1) is 0 Å². The predicted octanol–water partition coefficient (Wildman–Crippen LogP) is 3.47. The van der Waals surface area contributed by atoms with E-state index in [1.54, 1.807) is 6.07 Å². The predicted molar refractivity (Wildman–Crippen MR) is 74.8 cm³/mol. The molecule has 1 aromatic carbocycles. The van der Waals surface area contributed by atoms with Crippen LogP contribution in [-0.2, 0) is 4.79 Å². The maximum absolute atomic E-state index is 11.1. The number of rotatable bonds is 4. The molecule has 1 saturated carbocycles. The molecule has 108 valence electrons. The summed E-state index contributed by atoms with van der Waals surface area (Å²) in [5.74, 6) is 0.856. The lowest BCUT2D eigenvalue weighted by molar-refractivity contribution is -0.137.